The highest BCUT2D eigenvalue weighted by Gasteiger charge is 2.47. The van der Waals surface area contributed by atoms with Crippen molar-refractivity contribution in [2.75, 3.05) is 39.6 Å². The molecule has 1 aromatic heterocycles. The van der Waals surface area contributed by atoms with Crippen molar-refractivity contribution < 1.29 is 34.4 Å². The van der Waals surface area contributed by atoms with Gasteiger partial charge in [0.25, 0.3) is 0 Å². The third-order valence-corrected chi connectivity index (χ3v) is 7.50. The quantitative estimate of drug-likeness (QED) is 0.333. The number of rotatable bonds is 14. The second kappa shape index (κ2) is 13.1. The molecule has 1 amide bonds. The Morgan fingerprint density at radius 2 is 2.00 bits per heavy atom. The smallest absolute Gasteiger partial charge is 0.308 e. The Bertz CT molecular complexity index is 1070. The van der Waals surface area contributed by atoms with Crippen LogP contribution in [0.25, 0.3) is 0 Å². The summed E-state index contributed by atoms with van der Waals surface area (Å²) < 4.78 is 13.0. The summed E-state index contributed by atoms with van der Waals surface area (Å²) in [6.45, 7) is 3.99. The molecular weight excluding hydrogens is 492 g/mol. The fourth-order valence-corrected chi connectivity index (χ4v) is 5.57. The predicted molar refractivity (Wildman–Crippen MR) is 138 cm³/mol. The largest absolute Gasteiger partial charge is 0.481 e. The first kappa shape index (κ1) is 27.9. The highest BCUT2D eigenvalue weighted by molar-refractivity contribution is 5.79. The number of imidazole rings is 1. The molecule has 3 atom stereocenters. The van der Waals surface area contributed by atoms with Gasteiger partial charge >= 0.3 is 5.97 Å². The third kappa shape index (κ3) is 6.28. The number of benzene rings is 1. The van der Waals surface area contributed by atoms with Gasteiger partial charge in [0.2, 0.25) is 12.7 Å². The maximum atomic E-state index is 13.4. The van der Waals surface area contributed by atoms with E-state index in [1.165, 1.54) is 0 Å². The molecule has 11 nitrogen and oxygen atoms in total. The number of aliphatic hydroxyl groups excluding tert-OH is 2. The number of likely N-dealkylation sites (tertiary alicyclic amines) is 1. The molecule has 0 aliphatic carbocycles. The van der Waals surface area contributed by atoms with Crippen LogP contribution >= 0.6 is 0 Å². The van der Waals surface area contributed by atoms with Crippen molar-refractivity contribution in [3.63, 3.8) is 0 Å². The monoisotopic (exact) mass is 530 g/mol. The molecule has 0 saturated carbocycles. The lowest BCUT2D eigenvalue weighted by Gasteiger charge is -2.29. The number of aromatic nitrogens is 2. The van der Waals surface area contributed by atoms with Crippen LogP contribution < -0.4 is 9.47 Å². The average molecular weight is 531 g/mol. The zero-order valence-corrected chi connectivity index (χ0v) is 21.9. The fourth-order valence-electron chi connectivity index (χ4n) is 5.57. The van der Waals surface area contributed by atoms with Gasteiger partial charge in [0.15, 0.2) is 11.5 Å². The van der Waals surface area contributed by atoms with Gasteiger partial charge in [0, 0.05) is 62.7 Å². The Labute approximate surface area is 222 Å². The van der Waals surface area contributed by atoms with E-state index in [2.05, 4.69) is 11.9 Å². The minimum absolute atomic E-state index is 0.00756. The first-order valence-electron chi connectivity index (χ1n) is 13.3. The van der Waals surface area contributed by atoms with E-state index in [0.717, 1.165) is 18.4 Å². The molecule has 0 bridgehead atoms. The van der Waals surface area contributed by atoms with E-state index in [0.29, 0.717) is 56.1 Å². The summed E-state index contributed by atoms with van der Waals surface area (Å²) in [6.07, 6.45) is 8.06. The van der Waals surface area contributed by atoms with E-state index in [1.807, 2.05) is 15.7 Å². The Morgan fingerprint density at radius 3 is 2.68 bits per heavy atom. The molecule has 4 rings (SSSR count). The van der Waals surface area contributed by atoms with E-state index in [1.54, 1.807) is 29.6 Å². The molecular formula is C27H38N4O7. The van der Waals surface area contributed by atoms with Crippen LogP contribution in [0, 0.1) is 5.92 Å². The molecule has 1 fully saturated rings. The molecule has 1 aromatic carbocycles. The van der Waals surface area contributed by atoms with Gasteiger partial charge in [-0.2, -0.15) is 0 Å². The molecule has 11 heteroatoms. The minimum atomic E-state index is -0.924. The number of carbonyl (C=O) groups is 2. The molecule has 1 saturated heterocycles. The van der Waals surface area contributed by atoms with Gasteiger partial charge in [0.05, 0.1) is 25.4 Å². The number of aliphatic carboxylic acids is 1. The number of carbonyl (C=O) groups excluding carboxylic acids is 1. The van der Waals surface area contributed by atoms with Crippen molar-refractivity contribution in [3.05, 3.63) is 42.0 Å². The number of hydrogen-bond donors (Lipinski definition) is 3. The van der Waals surface area contributed by atoms with Crippen LogP contribution in [0.15, 0.2) is 30.9 Å². The highest BCUT2D eigenvalue weighted by Crippen LogP contribution is 2.44. The van der Waals surface area contributed by atoms with E-state index in [-0.39, 0.29) is 32.5 Å². The van der Waals surface area contributed by atoms with Gasteiger partial charge < -0.3 is 34.3 Å². The molecule has 3 heterocycles. The van der Waals surface area contributed by atoms with Crippen molar-refractivity contribution in [2.45, 2.75) is 57.7 Å². The van der Waals surface area contributed by atoms with Gasteiger partial charge in [-0.3, -0.25) is 14.5 Å². The van der Waals surface area contributed by atoms with Crippen molar-refractivity contribution >= 4 is 11.9 Å². The summed E-state index contributed by atoms with van der Waals surface area (Å²) in [7, 11) is 0. The highest BCUT2D eigenvalue weighted by atomic mass is 16.7. The summed E-state index contributed by atoms with van der Waals surface area (Å²) in [5.74, 6) is -1.18. The van der Waals surface area contributed by atoms with Crippen LogP contribution in [0.5, 0.6) is 11.5 Å². The van der Waals surface area contributed by atoms with E-state index in [9.17, 15) is 24.9 Å². The van der Waals surface area contributed by atoms with Crippen LogP contribution in [0.2, 0.25) is 0 Å². The number of aliphatic hydroxyl groups is 2. The molecule has 2 aromatic rings. The number of hydrogen-bond acceptors (Lipinski definition) is 8. The van der Waals surface area contributed by atoms with Gasteiger partial charge in [-0.25, -0.2) is 4.98 Å². The molecule has 208 valence electrons. The number of carboxylic acids is 1. The fraction of sp³-hybridized carbons (Fsp3) is 0.593. The SMILES string of the molecule is CCCCN(CCCO)C(=O)CN1C[C@H](c2cc(CO)c3c(c2)OCO3)[C@@H](C(=O)O)[C@@H]1CCn1ccnc1. The van der Waals surface area contributed by atoms with Gasteiger partial charge in [-0.05, 0) is 37.0 Å². The van der Waals surface area contributed by atoms with Gasteiger partial charge in [-0.15, -0.1) is 0 Å². The van der Waals surface area contributed by atoms with Crippen molar-refractivity contribution in [1.29, 1.82) is 0 Å². The summed E-state index contributed by atoms with van der Waals surface area (Å²) in [5.41, 5.74) is 1.30. The van der Waals surface area contributed by atoms with Crippen LogP contribution in [0.3, 0.4) is 0 Å². The standard InChI is InChI=1S/C27H38N4O7/c1-2-3-7-30(8-4-11-32)24(34)15-31-14-21(19-12-20(16-33)26-23(13-19)37-18-38-26)25(27(35)36)22(31)5-9-29-10-6-28-17-29/h6,10,12-13,17,21-22,25,32-33H,2-5,7-9,11,14-16,18H2,1H3,(H,35,36)/t21-,22+,25-/m1/s1. The second-order valence-corrected chi connectivity index (χ2v) is 9.94. The molecule has 3 N–H and O–H groups in total. The second-order valence-electron chi connectivity index (χ2n) is 9.94. The molecule has 2 aliphatic rings. The van der Waals surface area contributed by atoms with E-state index < -0.39 is 23.8 Å². The zero-order chi connectivity index (χ0) is 27.1. The number of unbranched alkanes of at least 4 members (excludes halogenated alkanes) is 1. The minimum Gasteiger partial charge on any atom is -0.481 e. The topological polar surface area (TPSA) is 138 Å². The summed E-state index contributed by atoms with van der Waals surface area (Å²) in [6, 6.07) is 3.20. The first-order chi connectivity index (χ1) is 18.5. The Hall–Kier alpha value is -3.15. The maximum Gasteiger partial charge on any atom is 0.308 e. The number of aryl methyl sites for hydroxylation is 1. The predicted octanol–water partition coefficient (Wildman–Crippen LogP) is 1.67. The van der Waals surface area contributed by atoms with Gasteiger partial charge in [0.1, 0.15) is 0 Å². The molecule has 0 unspecified atom stereocenters. The molecule has 2 aliphatic heterocycles. The van der Waals surface area contributed by atoms with Crippen LogP contribution in [-0.4, -0.2) is 92.2 Å². The van der Waals surface area contributed by atoms with Crippen molar-refractivity contribution in [1.82, 2.24) is 19.4 Å². The molecule has 0 radical (unpaired) electrons. The van der Waals surface area contributed by atoms with E-state index >= 15 is 0 Å². The number of fused-ring (bicyclic) bond motifs is 1. The molecule has 0 spiro atoms. The molecule has 38 heavy (non-hydrogen) atoms. The number of ether oxygens (including phenoxy) is 2. The van der Waals surface area contributed by atoms with Gasteiger partial charge in [-0.1, -0.05) is 13.3 Å². The zero-order valence-electron chi connectivity index (χ0n) is 21.9. The Kier molecular flexibility index (Phi) is 9.59. The summed E-state index contributed by atoms with van der Waals surface area (Å²) >= 11 is 0. The van der Waals surface area contributed by atoms with Crippen molar-refractivity contribution in [2.24, 2.45) is 5.92 Å². The number of carboxylic acid groups (broad SMARTS) is 1. The lowest BCUT2D eigenvalue weighted by Crippen LogP contribution is -2.45. The Morgan fingerprint density at radius 1 is 1.18 bits per heavy atom. The van der Waals surface area contributed by atoms with E-state index in [4.69, 9.17) is 9.47 Å². The lowest BCUT2D eigenvalue weighted by molar-refractivity contribution is -0.144. The first-order valence-corrected chi connectivity index (χ1v) is 13.3. The Balaban J connectivity index is 1.62. The average Bonchev–Trinajstić information content (AvgIpc) is 3.67. The van der Waals surface area contributed by atoms with Crippen LogP contribution in [0.4, 0.5) is 0 Å². The summed E-state index contributed by atoms with van der Waals surface area (Å²) in [5, 5.41) is 29.6. The normalized spacial score (nSPS) is 20.7. The number of amides is 1. The van der Waals surface area contributed by atoms with Crippen LogP contribution in [0.1, 0.15) is 49.7 Å². The lowest BCUT2D eigenvalue weighted by atomic mass is 9.83. The summed E-state index contributed by atoms with van der Waals surface area (Å²) in [4.78, 5) is 34.0. The van der Waals surface area contributed by atoms with Crippen molar-refractivity contribution in [3.8, 4) is 11.5 Å². The number of nitrogens with zero attached hydrogens (tertiary/aromatic N) is 4. The van der Waals surface area contributed by atoms with Crippen LogP contribution in [-0.2, 0) is 22.7 Å². The maximum absolute atomic E-state index is 13.4. The third-order valence-electron chi connectivity index (χ3n) is 7.50.